The van der Waals surface area contributed by atoms with E-state index in [2.05, 4.69) is 25.6 Å². The lowest BCUT2D eigenvalue weighted by atomic mass is 9.46. The van der Waals surface area contributed by atoms with Crippen molar-refractivity contribution >= 4 is 11.6 Å². The molecule has 7 rings (SSSR count). The zero-order chi connectivity index (χ0) is 21.9. The molecule has 2 heterocycles. The molecule has 4 fully saturated rings. The second-order valence-electron chi connectivity index (χ2n) is 9.80. The van der Waals surface area contributed by atoms with E-state index >= 15 is 0 Å². The molecule has 2 aromatic heterocycles. The van der Waals surface area contributed by atoms with E-state index in [1.165, 1.54) is 6.42 Å². The molecule has 2 atom stereocenters. The van der Waals surface area contributed by atoms with E-state index in [1.54, 1.807) is 20.4 Å². The van der Waals surface area contributed by atoms with E-state index in [0.29, 0.717) is 35.1 Å². The van der Waals surface area contributed by atoms with Gasteiger partial charge in [-0.15, -0.1) is 10.2 Å². The molecular weight excluding hydrogens is 408 g/mol. The van der Waals surface area contributed by atoms with Crippen molar-refractivity contribution in [3.63, 3.8) is 0 Å². The Morgan fingerprint density at radius 3 is 2.69 bits per heavy atom. The number of aryl methyl sites for hydroxylation is 1. The van der Waals surface area contributed by atoms with E-state index in [1.807, 2.05) is 29.2 Å². The molecule has 2 unspecified atom stereocenters. The van der Waals surface area contributed by atoms with Gasteiger partial charge in [0.2, 0.25) is 17.7 Å². The normalized spacial score (nSPS) is 30.4. The van der Waals surface area contributed by atoms with Crippen molar-refractivity contribution in [2.45, 2.75) is 51.0 Å². The van der Waals surface area contributed by atoms with Crippen LogP contribution in [0.1, 0.15) is 44.4 Å². The quantitative estimate of drug-likeness (QED) is 0.654. The third-order valence-corrected chi connectivity index (χ3v) is 7.64. The molecule has 4 saturated carbocycles. The van der Waals surface area contributed by atoms with Crippen LogP contribution in [0.3, 0.4) is 0 Å². The van der Waals surface area contributed by atoms with Gasteiger partial charge in [0, 0.05) is 12.5 Å². The van der Waals surface area contributed by atoms with Gasteiger partial charge in [0.25, 0.3) is 0 Å². The lowest BCUT2D eigenvalue weighted by Crippen LogP contribution is -2.60. The Morgan fingerprint density at radius 2 is 2.03 bits per heavy atom. The summed E-state index contributed by atoms with van der Waals surface area (Å²) in [5.74, 6) is 2.66. The first kappa shape index (κ1) is 19.5. The molecule has 4 aliphatic carbocycles. The summed E-state index contributed by atoms with van der Waals surface area (Å²) in [4.78, 5) is 18.0. The predicted molar refractivity (Wildman–Crippen MR) is 115 cm³/mol. The third kappa shape index (κ3) is 2.94. The minimum Gasteiger partial charge on any atom is -0.495 e. The summed E-state index contributed by atoms with van der Waals surface area (Å²) in [5, 5.41) is 15.7. The van der Waals surface area contributed by atoms with Crippen molar-refractivity contribution in [2.75, 3.05) is 12.4 Å². The maximum atomic E-state index is 13.8. The standard InChI is InChI=1S/C23H26N6O3/c1-14-27-28-20(32-14)17-3-4-19(31-2)18(6-17)26-21(30)22-7-15-5-16(8-22)10-23(9-15,11-22)29-13-24-12-25-29/h3-4,6,12-13,15-16H,5,7-11H2,1-2H3,(H,26,30). The Hall–Kier alpha value is -3.23. The minimum atomic E-state index is -0.405. The molecular formula is C23H26N6O3. The fourth-order valence-corrected chi connectivity index (χ4v) is 6.81. The number of hydrogen-bond acceptors (Lipinski definition) is 7. The van der Waals surface area contributed by atoms with Gasteiger partial charge in [0.15, 0.2) is 0 Å². The van der Waals surface area contributed by atoms with E-state index < -0.39 is 5.41 Å². The Kier molecular flexibility index (Phi) is 4.18. The van der Waals surface area contributed by atoms with Crippen LogP contribution in [0.5, 0.6) is 5.75 Å². The number of ether oxygens (including phenoxy) is 1. The van der Waals surface area contributed by atoms with Crippen molar-refractivity contribution in [1.82, 2.24) is 25.0 Å². The van der Waals surface area contributed by atoms with Crippen LogP contribution >= 0.6 is 0 Å². The minimum absolute atomic E-state index is 0.0632. The number of rotatable bonds is 5. The monoisotopic (exact) mass is 434 g/mol. The van der Waals surface area contributed by atoms with Gasteiger partial charge >= 0.3 is 0 Å². The average Bonchev–Trinajstić information content (AvgIpc) is 3.45. The van der Waals surface area contributed by atoms with Crippen LogP contribution < -0.4 is 10.1 Å². The summed E-state index contributed by atoms with van der Waals surface area (Å²) >= 11 is 0. The Bertz CT molecular complexity index is 1160. The van der Waals surface area contributed by atoms with Crippen LogP contribution in [0.15, 0.2) is 35.3 Å². The maximum Gasteiger partial charge on any atom is 0.247 e. The molecule has 0 aliphatic heterocycles. The van der Waals surface area contributed by atoms with Gasteiger partial charge in [-0.25, -0.2) is 9.67 Å². The zero-order valence-corrected chi connectivity index (χ0v) is 18.2. The topological polar surface area (TPSA) is 108 Å². The van der Waals surface area contributed by atoms with E-state index in [-0.39, 0.29) is 11.4 Å². The van der Waals surface area contributed by atoms with Crippen LogP contribution in [0.4, 0.5) is 5.69 Å². The summed E-state index contributed by atoms with van der Waals surface area (Å²) in [6.45, 7) is 1.75. The number of nitrogens with zero attached hydrogens (tertiary/aromatic N) is 5. The number of carbonyl (C=O) groups excluding carboxylic acids is 1. The molecule has 166 valence electrons. The molecule has 0 spiro atoms. The second-order valence-corrected chi connectivity index (χ2v) is 9.80. The smallest absolute Gasteiger partial charge is 0.247 e. The molecule has 1 aromatic carbocycles. The number of amides is 1. The summed E-state index contributed by atoms with van der Waals surface area (Å²) < 4.78 is 13.1. The van der Waals surface area contributed by atoms with Gasteiger partial charge in [-0.05, 0) is 68.6 Å². The molecule has 3 aromatic rings. The van der Waals surface area contributed by atoms with Gasteiger partial charge in [-0.2, -0.15) is 5.10 Å². The highest BCUT2D eigenvalue weighted by molar-refractivity contribution is 5.97. The number of aromatic nitrogens is 5. The molecule has 9 nitrogen and oxygen atoms in total. The van der Waals surface area contributed by atoms with Gasteiger partial charge < -0.3 is 14.5 Å². The number of benzene rings is 1. The molecule has 1 amide bonds. The highest BCUT2D eigenvalue weighted by atomic mass is 16.5. The van der Waals surface area contributed by atoms with E-state index in [9.17, 15) is 4.79 Å². The maximum absolute atomic E-state index is 13.8. The van der Waals surface area contributed by atoms with Crippen molar-refractivity contribution in [2.24, 2.45) is 17.3 Å². The number of anilines is 1. The highest BCUT2D eigenvalue weighted by Crippen LogP contribution is 2.64. The lowest BCUT2D eigenvalue weighted by molar-refractivity contribution is -0.150. The van der Waals surface area contributed by atoms with Crippen LogP contribution in [-0.4, -0.2) is 38.0 Å². The van der Waals surface area contributed by atoms with Gasteiger partial charge in [0.05, 0.1) is 23.8 Å². The van der Waals surface area contributed by atoms with Crippen LogP contribution in [0.25, 0.3) is 11.5 Å². The number of carbonyl (C=O) groups is 1. The molecule has 9 heteroatoms. The summed E-state index contributed by atoms with van der Waals surface area (Å²) in [7, 11) is 1.60. The Morgan fingerprint density at radius 1 is 1.22 bits per heavy atom. The predicted octanol–water partition coefficient (Wildman–Crippen LogP) is 3.58. The summed E-state index contributed by atoms with van der Waals surface area (Å²) in [6, 6.07) is 5.52. The second kappa shape index (κ2) is 6.88. The number of hydrogen-bond donors (Lipinski definition) is 1. The van der Waals surface area contributed by atoms with E-state index in [4.69, 9.17) is 9.15 Å². The van der Waals surface area contributed by atoms with Gasteiger partial charge in [0.1, 0.15) is 18.4 Å². The first-order valence-corrected chi connectivity index (χ1v) is 11.1. The molecule has 32 heavy (non-hydrogen) atoms. The SMILES string of the molecule is COc1ccc(-c2nnc(C)o2)cc1NC(=O)C12CC3CC(C1)CC(n1cncn1)(C3)C2. The zero-order valence-electron chi connectivity index (χ0n) is 18.2. The van der Waals surface area contributed by atoms with Crippen LogP contribution in [0.2, 0.25) is 0 Å². The molecule has 4 aliphatic rings. The third-order valence-electron chi connectivity index (χ3n) is 7.64. The average molecular weight is 435 g/mol. The van der Waals surface area contributed by atoms with Crippen molar-refractivity contribution in [3.8, 4) is 17.2 Å². The summed E-state index contributed by atoms with van der Waals surface area (Å²) in [6.07, 6.45) is 9.44. The van der Waals surface area contributed by atoms with E-state index in [0.717, 1.165) is 37.7 Å². The lowest BCUT2D eigenvalue weighted by Gasteiger charge is -2.60. The largest absolute Gasteiger partial charge is 0.495 e. The summed E-state index contributed by atoms with van der Waals surface area (Å²) in [5.41, 5.74) is 0.853. The van der Waals surface area contributed by atoms with Crippen molar-refractivity contribution in [3.05, 3.63) is 36.7 Å². The Balaban J connectivity index is 1.33. The van der Waals surface area contributed by atoms with Crippen LogP contribution in [-0.2, 0) is 10.3 Å². The van der Waals surface area contributed by atoms with Crippen molar-refractivity contribution < 1.29 is 13.9 Å². The van der Waals surface area contributed by atoms with Gasteiger partial charge in [-0.3, -0.25) is 4.79 Å². The first-order chi connectivity index (χ1) is 15.5. The first-order valence-electron chi connectivity index (χ1n) is 11.1. The van der Waals surface area contributed by atoms with Gasteiger partial charge in [-0.1, -0.05) is 0 Å². The molecule has 1 N–H and O–H groups in total. The fraction of sp³-hybridized carbons (Fsp3) is 0.522. The Labute approximate surface area is 185 Å². The molecule has 0 saturated heterocycles. The van der Waals surface area contributed by atoms with Crippen molar-refractivity contribution in [1.29, 1.82) is 0 Å². The molecule has 4 bridgehead atoms. The number of nitrogens with one attached hydrogen (secondary N) is 1. The number of methoxy groups -OCH3 is 1. The molecule has 0 radical (unpaired) electrons. The van der Waals surface area contributed by atoms with Crippen LogP contribution in [0, 0.1) is 24.2 Å². The fourth-order valence-electron chi connectivity index (χ4n) is 6.81. The highest BCUT2D eigenvalue weighted by Gasteiger charge is 2.61.